The number of rotatable bonds is 0. The van der Waals surface area contributed by atoms with Crippen molar-refractivity contribution in [2.45, 2.75) is 0 Å². The fourth-order valence-corrected chi connectivity index (χ4v) is 0. The van der Waals surface area contributed by atoms with Crippen LogP contribution in [0, 0.1) is 0 Å². The van der Waals surface area contributed by atoms with Gasteiger partial charge < -0.3 is 26.2 Å². The third-order valence-corrected chi connectivity index (χ3v) is 0. The Balaban J connectivity index is 0. The second-order valence-corrected chi connectivity index (χ2v) is 0. The van der Waals surface area contributed by atoms with E-state index < -0.39 is 0 Å². The molecule has 4 heteroatoms. The number of hydrogen-bond acceptors (Lipinski definition) is 0. The summed E-state index contributed by atoms with van der Waals surface area (Å²) >= 11 is 0. The molecule has 0 aliphatic carbocycles. The van der Waals surface area contributed by atoms with Gasteiger partial charge >= 0.3 is 89.1 Å². The Morgan fingerprint density at radius 1 is 1.00 bits per heavy atom. The molecular weight excluding hydrogens is 150 g/mol. The molecule has 0 N–H and O–H groups in total. The van der Waals surface area contributed by atoms with Crippen molar-refractivity contribution in [2.75, 3.05) is 0 Å². The van der Waals surface area contributed by atoms with E-state index in [-0.39, 0.29) is 115 Å². The van der Waals surface area contributed by atoms with E-state index in [1.807, 2.05) is 0 Å². The molecule has 0 bridgehead atoms. The first kappa shape index (κ1) is 25.9. The average Bonchev–Trinajstić information content (AvgIpc) is 0. The summed E-state index contributed by atoms with van der Waals surface area (Å²) in [6.07, 6.45) is 0. The van der Waals surface area contributed by atoms with E-state index >= 15 is 0 Å². The molecule has 0 amide bonds. The Morgan fingerprint density at radius 2 is 1.00 bits per heavy atom. The van der Waals surface area contributed by atoms with E-state index in [0.29, 0.717) is 0 Å². The van der Waals surface area contributed by atoms with Crippen LogP contribution >= 0.6 is 0 Å². The molecule has 0 aliphatic heterocycles. The van der Waals surface area contributed by atoms with Crippen molar-refractivity contribution >= 4 is 37.7 Å². The van der Waals surface area contributed by atoms with E-state index in [1.165, 1.54) is 0 Å². The van der Waals surface area contributed by atoms with Crippen molar-refractivity contribution in [3.8, 4) is 0 Å². The summed E-state index contributed by atoms with van der Waals surface area (Å²) in [4.78, 5) is 0. The van der Waals surface area contributed by atoms with Crippen LogP contribution in [0.4, 0.5) is 0 Å². The van der Waals surface area contributed by atoms with Crippen LogP contribution in [0.1, 0.15) is 1.43 Å². The van der Waals surface area contributed by atoms with Crippen LogP contribution in [-0.4, -0.2) is 37.7 Å². The van der Waals surface area contributed by atoms with Crippen molar-refractivity contribution in [3.05, 3.63) is 0 Å². The van der Waals surface area contributed by atoms with Gasteiger partial charge in [0.15, 0.2) is 0 Å². The molecule has 0 aromatic heterocycles. The fourth-order valence-electron chi connectivity index (χ4n) is 0. The van der Waals surface area contributed by atoms with Crippen LogP contribution in [-0.2, 0) is 0 Å². The predicted molar refractivity (Wildman–Crippen MR) is 6.87 cm³/mol. The Bertz CT molecular complexity index is 9.61. The summed E-state index contributed by atoms with van der Waals surface area (Å²) in [5.41, 5.74) is 0. The third kappa shape index (κ3) is 9.08. The second-order valence-electron chi connectivity index (χ2n) is 0. The van der Waals surface area contributed by atoms with Gasteiger partial charge in [0.1, 0.15) is 0 Å². The van der Waals surface area contributed by atoms with Gasteiger partial charge in [0.05, 0.1) is 0 Å². The van der Waals surface area contributed by atoms with Gasteiger partial charge in [-0.3, -0.25) is 0 Å². The van der Waals surface area contributed by atoms with Crippen LogP contribution in [0.5, 0.6) is 0 Å². The first-order chi connectivity index (χ1) is 0. The van der Waals surface area contributed by atoms with Gasteiger partial charge in [-0.05, 0) is 0 Å². The molecule has 0 radical (unpaired) electrons. The topological polar surface area (TPSA) is 0 Å². The van der Waals surface area contributed by atoms with Gasteiger partial charge in [0.25, 0.3) is 0 Å². The summed E-state index contributed by atoms with van der Waals surface area (Å²) in [5, 5.41) is 0. The normalized spacial score (nSPS) is 0. The van der Waals surface area contributed by atoms with Gasteiger partial charge in [0.2, 0.25) is 0 Å². The zero-order chi connectivity index (χ0) is 0. The molecule has 0 atom stereocenters. The van der Waals surface area contributed by atoms with E-state index in [0.717, 1.165) is 0 Å². The van der Waals surface area contributed by atoms with Crippen LogP contribution in [0.3, 0.4) is 0 Å². The second kappa shape index (κ2) is 16.1. The van der Waals surface area contributed by atoms with Gasteiger partial charge in [-0.1, -0.05) is 0 Å². The molecule has 0 saturated carbocycles. The van der Waals surface area contributed by atoms with E-state index in [1.54, 1.807) is 0 Å². The Labute approximate surface area is 112 Å². The maximum absolute atomic E-state index is 0. The van der Waals surface area contributed by atoms with E-state index in [4.69, 9.17) is 0 Å². The van der Waals surface area contributed by atoms with E-state index in [9.17, 15) is 0 Å². The minimum Gasteiger partial charge on any atom is -1.00 e. The first-order valence-electron chi connectivity index (χ1n) is 0. The molecule has 0 saturated heterocycles. The van der Waals surface area contributed by atoms with Gasteiger partial charge in [0, 0.05) is 0 Å². The van der Waals surface area contributed by atoms with Crippen LogP contribution in [0.15, 0.2) is 0 Å². The molecule has 0 aliphatic rings. The van der Waals surface area contributed by atoms with Crippen LogP contribution in [0.2, 0.25) is 0 Å². The SMILES string of the molecule is [Ca+2].[Cl-].[Cl-].[H-].[K+]. The third-order valence-electron chi connectivity index (χ3n) is 0. The molecule has 0 rings (SSSR count). The number of hydrogen-bond donors (Lipinski definition) is 0. The Morgan fingerprint density at radius 3 is 1.00 bits per heavy atom. The zero-order valence-corrected chi connectivity index (χ0v) is 9.31. The first-order valence-corrected chi connectivity index (χ1v) is 0. The molecule has 0 heterocycles. The molecule has 4 heavy (non-hydrogen) atoms. The Hall–Kier alpha value is 3.48. The summed E-state index contributed by atoms with van der Waals surface area (Å²) in [6, 6.07) is 0. The molecule has 0 unspecified atom stereocenters. The predicted octanol–water partition coefficient (Wildman–Crippen LogP) is -9.26. The number of halogens is 2. The maximum atomic E-state index is 0. The van der Waals surface area contributed by atoms with Gasteiger partial charge in [-0.25, -0.2) is 0 Å². The monoisotopic (exact) mass is 150 g/mol. The van der Waals surface area contributed by atoms with E-state index in [2.05, 4.69) is 0 Å². The van der Waals surface area contributed by atoms with Gasteiger partial charge in [-0.2, -0.15) is 0 Å². The maximum Gasteiger partial charge on any atom is 2.00 e. The molecule has 0 aromatic rings. The van der Waals surface area contributed by atoms with Crippen molar-refractivity contribution < 1.29 is 77.6 Å². The molecule has 0 fully saturated rings. The summed E-state index contributed by atoms with van der Waals surface area (Å²) < 4.78 is 0. The minimum atomic E-state index is 0. The largest absolute Gasteiger partial charge is 2.00 e. The molecule has 18 valence electrons. The fraction of sp³-hybridized carbons (Fsp3) is 0. The minimum absolute atomic E-state index is 0. The van der Waals surface area contributed by atoms with Crippen LogP contribution in [0.25, 0.3) is 0 Å². The smallest absolute Gasteiger partial charge is 1.00 e. The van der Waals surface area contributed by atoms with Gasteiger partial charge in [-0.15, -0.1) is 0 Å². The molecule has 0 spiro atoms. The van der Waals surface area contributed by atoms with Crippen molar-refractivity contribution in [3.63, 3.8) is 0 Å². The van der Waals surface area contributed by atoms with Crippen molar-refractivity contribution in [1.82, 2.24) is 0 Å². The zero-order valence-electron chi connectivity index (χ0n) is 3.46. The average molecular weight is 151 g/mol. The Kier molecular flexibility index (Phi) is 104. The summed E-state index contributed by atoms with van der Waals surface area (Å²) in [7, 11) is 0. The summed E-state index contributed by atoms with van der Waals surface area (Å²) in [5.74, 6) is 0. The quantitative estimate of drug-likeness (QED) is 0.302. The van der Waals surface area contributed by atoms with Crippen molar-refractivity contribution in [1.29, 1.82) is 0 Å². The molecule has 0 aromatic carbocycles. The van der Waals surface area contributed by atoms with Crippen molar-refractivity contribution in [2.24, 2.45) is 0 Å². The van der Waals surface area contributed by atoms with Crippen LogP contribution < -0.4 is 76.2 Å². The summed E-state index contributed by atoms with van der Waals surface area (Å²) in [6.45, 7) is 0. The standard InChI is InChI=1S/Ca.2ClH.K.H/h;2*1H;;/q+2;;;+1;-1/p-2. The molecular formula is HCaCl2K. The molecule has 0 nitrogen and oxygen atoms in total.